The normalized spacial score (nSPS) is 13.1. The first-order chi connectivity index (χ1) is 14.2. The molecule has 1 heterocycles. The van der Waals surface area contributed by atoms with Crippen LogP contribution in [-0.4, -0.2) is 41.7 Å². The van der Waals surface area contributed by atoms with Crippen molar-refractivity contribution in [2.75, 3.05) is 20.3 Å². The zero-order valence-corrected chi connectivity index (χ0v) is 18.8. The summed E-state index contributed by atoms with van der Waals surface area (Å²) in [6, 6.07) is 10.3. The van der Waals surface area contributed by atoms with Gasteiger partial charge in [0, 0.05) is 13.2 Å². The predicted molar refractivity (Wildman–Crippen MR) is 113 cm³/mol. The number of rotatable bonds is 8. The molecule has 2 aromatic carbocycles. The molecule has 0 spiro atoms. The summed E-state index contributed by atoms with van der Waals surface area (Å²) in [6.07, 6.45) is 0. The van der Waals surface area contributed by atoms with Gasteiger partial charge in [0.1, 0.15) is 5.75 Å². The Hall–Kier alpha value is -2.25. The highest BCUT2D eigenvalue weighted by Crippen LogP contribution is 2.22. The molecule has 0 aliphatic carbocycles. The maximum absolute atomic E-state index is 12.8. The van der Waals surface area contributed by atoms with E-state index in [4.69, 9.17) is 14.6 Å². The van der Waals surface area contributed by atoms with Crippen molar-refractivity contribution in [3.05, 3.63) is 47.3 Å². The van der Waals surface area contributed by atoms with Crippen molar-refractivity contribution in [2.45, 2.75) is 23.3 Å². The molecule has 0 radical (unpaired) electrons. The quantitative estimate of drug-likeness (QED) is 0.498. The molecule has 0 saturated heterocycles. The van der Waals surface area contributed by atoms with Gasteiger partial charge in [0.15, 0.2) is 0 Å². The zero-order valence-electron chi connectivity index (χ0n) is 16.3. The van der Waals surface area contributed by atoms with Gasteiger partial charge in [-0.25, -0.2) is 13.6 Å². The van der Waals surface area contributed by atoms with Gasteiger partial charge < -0.3 is 14.0 Å². The van der Waals surface area contributed by atoms with Gasteiger partial charge in [0.25, 0.3) is 10.0 Å². The van der Waals surface area contributed by atoms with E-state index in [0.29, 0.717) is 35.7 Å². The molecule has 0 amide bonds. The summed E-state index contributed by atoms with van der Waals surface area (Å²) in [6.45, 7) is 3.05. The molecule has 0 unspecified atom stereocenters. The molecular formula is C18H21N3O6S3. The Morgan fingerprint density at radius 1 is 1.07 bits per heavy atom. The summed E-state index contributed by atoms with van der Waals surface area (Å²) >= 11 is 1.06. The van der Waals surface area contributed by atoms with Crippen molar-refractivity contribution < 1.29 is 26.3 Å². The Kier molecular flexibility index (Phi) is 6.62. The van der Waals surface area contributed by atoms with Gasteiger partial charge in [0.2, 0.25) is 14.8 Å². The predicted octanol–water partition coefficient (Wildman–Crippen LogP) is 1.68. The van der Waals surface area contributed by atoms with Gasteiger partial charge >= 0.3 is 0 Å². The molecule has 2 N–H and O–H groups in total. The lowest BCUT2D eigenvalue weighted by molar-refractivity contribution is 0.139. The molecule has 0 saturated carbocycles. The molecular weight excluding hydrogens is 450 g/mol. The van der Waals surface area contributed by atoms with E-state index in [0.717, 1.165) is 11.3 Å². The number of methoxy groups -OCH3 is 1. The van der Waals surface area contributed by atoms with Gasteiger partial charge in [-0.05, 0) is 49.4 Å². The van der Waals surface area contributed by atoms with E-state index in [1.165, 1.54) is 43.5 Å². The fourth-order valence-corrected chi connectivity index (χ4v) is 5.63. The zero-order chi connectivity index (χ0) is 21.9. The second-order valence-electron chi connectivity index (χ2n) is 6.15. The molecule has 9 nitrogen and oxygen atoms in total. The van der Waals surface area contributed by atoms with E-state index in [2.05, 4.69) is 4.40 Å². The maximum atomic E-state index is 12.8. The SMILES string of the molecule is CCOCCn1/c(=N/S(=O)(=O)c2ccc(OC)cc2)sc2cc(S(N)(=O)=O)ccc21. The fourth-order valence-electron chi connectivity index (χ4n) is 2.72. The lowest BCUT2D eigenvalue weighted by Gasteiger charge is -2.06. The average molecular weight is 472 g/mol. The van der Waals surface area contributed by atoms with E-state index in [1.807, 2.05) is 6.92 Å². The topological polar surface area (TPSA) is 130 Å². The fraction of sp³-hybridized carbons (Fsp3) is 0.278. The summed E-state index contributed by atoms with van der Waals surface area (Å²) in [4.78, 5) is 0.159. The highest BCUT2D eigenvalue weighted by Gasteiger charge is 2.17. The molecule has 0 aliphatic heterocycles. The number of benzene rings is 2. The van der Waals surface area contributed by atoms with Crippen molar-refractivity contribution >= 4 is 41.6 Å². The number of primary sulfonamides is 1. The monoisotopic (exact) mass is 471 g/mol. The molecule has 3 aromatic rings. The largest absolute Gasteiger partial charge is 0.497 e. The summed E-state index contributed by atoms with van der Waals surface area (Å²) in [5.41, 5.74) is 0.635. The number of hydrogen-bond donors (Lipinski definition) is 1. The van der Waals surface area contributed by atoms with E-state index in [1.54, 1.807) is 10.6 Å². The van der Waals surface area contributed by atoms with Crippen LogP contribution in [0.4, 0.5) is 0 Å². The van der Waals surface area contributed by atoms with Crippen LogP contribution in [0.25, 0.3) is 10.2 Å². The van der Waals surface area contributed by atoms with Gasteiger partial charge in [0.05, 0.1) is 33.7 Å². The molecule has 0 aliphatic rings. The minimum Gasteiger partial charge on any atom is -0.497 e. The number of hydrogen-bond acceptors (Lipinski definition) is 7. The van der Waals surface area contributed by atoms with Crippen LogP contribution in [0, 0.1) is 0 Å². The molecule has 0 atom stereocenters. The Morgan fingerprint density at radius 2 is 1.73 bits per heavy atom. The average Bonchev–Trinajstić information content (AvgIpc) is 3.03. The minimum absolute atomic E-state index is 0.0161. The maximum Gasteiger partial charge on any atom is 0.285 e. The number of nitrogens with zero attached hydrogens (tertiary/aromatic N) is 2. The molecule has 162 valence electrons. The van der Waals surface area contributed by atoms with Crippen molar-refractivity contribution in [1.29, 1.82) is 0 Å². The van der Waals surface area contributed by atoms with Crippen molar-refractivity contribution in [2.24, 2.45) is 9.54 Å². The van der Waals surface area contributed by atoms with E-state index in [9.17, 15) is 16.8 Å². The highest BCUT2D eigenvalue weighted by molar-refractivity contribution is 7.90. The second kappa shape index (κ2) is 8.86. The van der Waals surface area contributed by atoms with Crippen molar-refractivity contribution in [1.82, 2.24) is 4.57 Å². The van der Waals surface area contributed by atoms with Crippen LogP contribution in [0.1, 0.15) is 6.92 Å². The van der Waals surface area contributed by atoms with Crippen LogP contribution in [0.2, 0.25) is 0 Å². The molecule has 1 aromatic heterocycles. The minimum atomic E-state index is -4.00. The number of aromatic nitrogens is 1. The number of ether oxygens (including phenoxy) is 2. The first-order valence-corrected chi connectivity index (χ1v) is 12.6. The van der Waals surface area contributed by atoms with Gasteiger partial charge in [-0.3, -0.25) is 0 Å². The van der Waals surface area contributed by atoms with Crippen molar-refractivity contribution in [3.63, 3.8) is 0 Å². The Bertz CT molecular complexity index is 1320. The van der Waals surface area contributed by atoms with Crippen LogP contribution in [-0.2, 0) is 31.3 Å². The number of thiazole rings is 1. The van der Waals surface area contributed by atoms with Crippen LogP contribution in [0.5, 0.6) is 5.75 Å². The number of sulfonamides is 2. The Labute approximate surface area is 178 Å². The van der Waals surface area contributed by atoms with E-state index < -0.39 is 20.0 Å². The van der Waals surface area contributed by atoms with Crippen LogP contribution >= 0.6 is 11.3 Å². The summed E-state index contributed by atoms with van der Waals surface area (Å²) < 4.78 is 65.7. The molecule has 30 heavy (non-hydrogen) atoms. The van der Waals surface area contributed by atoms with Gasteiger partial charge in [-0.2, -0.15) is 8.42 Å². The van der Waals surface area contributed by atoms with Gasteiger partial charge in [-0.15, -0.1) is 4.40 Å². The third kappa shape index (κ3) is 4.90. The van der Waals surface area contributed by atoms with Crippen LogP contribution in [0.3, 0.4) is 0 Å². The third-order valence-electron chi connectivity index (χ3n) is 4.20. The standard InChI is InChI=1S/C18H21N3O6S3/c1-3-27-11-10-21-16-9-8-15(29(19,22)23)12-17(16)28-18(21)20-30(24,25)14-6-4-13(26-2)5-7-14/h4-9,12H,3,10-11H2,1-2H3,(H2,19,22,23)/b20-18-. The first kappa shape index (κ1) is 22.4. The lowest BCUT2D eigenvalue weighted by atomic mass is 10.3. The van der Waals surface area contributed by atoms with Crippen LogP contribution in [0.15, 0.2) is 56.7 Å². The highest BCUT2D eigenvalue weighted by atomic mass is 32.2. The second-order valence-corrected chi connectivity index (χ2v) is 10.3. The van der Waals surface area contributed by atoms with E-state index in [-0.39, 0.29) is 14.6 Å². The van der Waals surface area contributed by atoms with E-state index >= 15 is 0 Å². The van der Waals surface area contributed by atoms with Crippen molar-refractivity contribution in [3.8, 4) is 5.75 Å². The van der Waals surface area contributed by atoms with Gasteiger partial charge in [-0.1, -0.05) is 11.3 Å². The molecule has 12 heteroatoms. The lowest BCUT2D eigenvalue weighted by Crippen LogP contribution is -2.20. The number of nitrogens with two attached hydrogens (primary N) is 1. The summed E-state index contributed by atoms with van der Waals surface area (Å²) in [5.74, 6) is 0.526. The van der Waals surface area contributed by atoms with Crippen LogP contribution < -0.4 is 14.7 Å². The molecule has 0 bridgehead atoms. The summed E-state index contributed by atoms with van der Waals surface area (Å²) in [5, 5.41) is 5.21. The first-order valence-electron chi connectivity index (χ1n) is 8.84. The third-order valence-corrected chi connectivity index (χ3v) is 7.55. The molecule has 0 fully saturated rings. The Balaban J connectivity index is 2.17. The summed E-state index contributed by atoms with van der Waals surface area (Å²) in [7, 11) is -6.41. The molecule has 3 rings (SSSR count). The number of fused-ring (bicyclic) bond motifs is 1. The Morgan fingerprint density at radius 3 is 2.33 bits per heavy atom. The smallest absolute Gasteiger partial charge is 0.285 e.